The van der Waals surface area contributed by atoms with Crippen molar-refractivity contribution in [1.82, 2.24) is 4.31 Å². The Labute approximate surface area is 144 Å². The third-order valence-corrected chi connectivity index (χ3v) is 5.48. The Bertz CT molecular complexity index is 924. The maximum absolute atomic E-state index is 13.0. The molecule has 0 saturated heterocycles. The molecular weight excluding hydrogens is 353 g/mol. The molecular formula is C17H17F3N2O2S. The second kappa shape index (κ2) is 6.12. The summed E-state index contributed by atoms with van der Waals surface area (Å²) in [5.74, 6) is 0. The number of fused-ring (bicyclic) bond motifs is 1. The van der Waals surface area contributed by atoms with E-state index < -0.39 is 21.9 Å². The molecule has 2 aromatic rings. The van der Waals surface area contributed by atoms with Gasteiger partial charge in [0.1, 0.15) is 0 Å². The maximum Gasteiger partial charge on any atom is 0.416 e. The summed E-state index contributed by atoms with van der Waals surface area (Å²) in [4.78, 5) is 0. The van der Waals surface area contributed by atoms with Gasteiger partial charge in [0.2, 0.25) is 0 Å². The Balaban J connectivity index is 2.10. The lowest BCUT2D eigenvalue weighted by atomic mass is 9.89. The van der Waals surface area contributed by atoms with Gasteiger partial charge in [-0.15, -0.1) is 0 Å². The molecule has 0 radical (unpaired) electrons. The van der Waals surface area contributed by atoms with Crippen molar-refractivity contribution in [3.05, 3.63) is 58.7 Å². The van der Waals surface area contributed by atoms with Crippen molar-refractivity contribution in [2.45, 2.75) is 26.1 Å². The number of aryl methyl sites for hydroxylation is 1. The van der Waals surface area contributed by atoms with Crippen molar-refractivity contribution in [2.75, 3.05) is 6.54 Å². The monoisotopic (exact) mass is 370 g/mol. The zero-order valence-corrected chi connectivity index (χ0v) is 14.3. The quantitative estimate of drug-likeness (QED) is 0.882. The van der Waals surface area contributed by atoms with Gasteiger partial charge in [-0.05, 0) is 53.3 Å². The molecule has 0 spiro atoms. The number of benzene rings is 2. The fourth-order valence-corrected chi connectivity index (χ4v) is 3.81. The smallest absolute Gasteiger partial charge is 0.216 e. The minimum absolute atomic E-state index is 0.125. The summed E-state index contributed by atoms with van der Waals surface area (Å²) in [5.41, 5.74) is 2.87. The van der Waals surface area contributed by atoms with Gasteiger partial charge in [-0.25, -0.2) is 5.14 Å². The minimum atomic E-state index is -4.41. The molecule has 1 heterocycles. The van der Waals surface area contributed by atoms with Crippen LogP contribution < -0.4 is 5.14 Å². The predicted octanol–water partition coefficient (Wildman–Crippen LogP) is 3.24. The van der Waals surface area contributed by atoms with E-state index in [1.807, 2.05) is 0 Å². The molecule has 0 saturated carbocycles. The van der Waals surface area contributed by atoms with Gasteiger partial charge in [0.25, 0.3) is 10.2 Å². The second-order valence-electron chi connectivity index (χ2n) is 6.10. The van der Waals surface area contributed by atoms with E-state index in [0.29, 0.717) is 17.5 Å². The lowest BCUT2D eigenvalue weighted by Crippen LogP contribution is -2.40. The molecule has 0 fully saturated rings. The highest BCUT2D eigenvalue weighted by Crippen LogP contribution is 2.37. The van der Waals surface area contributed by atoms with Gasteiger partial charge in [-0.1, -0.05) is 24.3 Å². The first-order valence-electron chi connectivity index (χ1n) is 7.64. The summed E-state index contributed by atoms with van der Waals surface area (Å²) in [6.07, 6.45) is -4.01. The molecule has 2 N–H and O–H groups in total. The Kier molecular flexibility index (Phi) is 4.38. The third-order valence-electron chi connectivity index (χ3n) is 4.45. The van der Waals surface area contributed by atoms with E-state index in [0.717, 1.165) is 33.1 Å². The van der Waals surface area contributed by atoms with Crippen molar-refractivity contribution in [1.29, 1.82) is 0 Å². The number of halogens is 3. The van der Waals surface area contributed by atoms with Gasteiger partial charge in [-0.2, -0.15) is 25.9 Å². The summed E-state index contributed by atoms with van der Waals surface area (Å²) in [6, 6.07) is 8.94. The largest absolute Gasteiger partial charge is 0.416 e. The van der Waals surface area contributed by atoms with Gasteiger partial charge in [-0.3, -0.25) is 0 Å². The molecule has 8 heteroatoms. The first-order chi connectivity index (χ1) is 11.6. The van der Waals surface area contributed by atoms with E-state index in [9.17, 15) is 21.6 Å². The van der Waals surface area contributed by atoms with Crippen LogP contribution in [0, 0.1) is 6.92 Å². The normalized spacial score (nSPS) is 15.9. The van der Waals surface area contributed by atoms with Gasteiger partial charge >= 0.3 is 6.18 Å². The molecule has 1 aliphatic rings. The zero-order valence-electron chi connectivity index (χ0n) is 13.5. The van der Waals surface area contributed by atoms with Crippen LogP contribution in [0.4, 0.5) is 13.2 Å². The highest BCUT2D eigenvalue weighted by molar-refractivity contribution is 7.86. The van der Waals surface area contributed by atoms with E-state index in [-0.39, 0.29) is 13.1 Å². The van der Waals surface area contributed by atoms with Crippen molar-refractivity contribution in [3.8, 4) is 11.1 Å². The van der Waals surface area contributed by atoms with E-state index in [1.54, 1.807) is 25.1 Å². The van der Waals surface area contributed by atoms with E-state index >= 15 is 0 Å². The minimum Gasteiger partial charge on any atom is -0.216 e. The summed E-state index contributed by atoms with van der Waals surface area (Å²) in [6.45, 7) is 2.09. The number of alkyl halides is 3. The molecule has 0 aromatic heterocycles. The van der Waals surface area contributed by atoms with Gasteiger partial charge < -0.3 is 0 Å². The molecule has 1 aliphatic heterocycles. The SMILES string of the molecule is Cc1ccc(C(F)(F)F)cc1-c1cccc2c1CCN(S(N)(=O)=O)C2. The van der Waals surface area contributed by atoms with Crippen LogP contribution in [0.3, 0.4) is 0 Å². The average Bonchev–Trinajstić information content (AvgIpc) is 2.52. The van der Waals surface area contributed by atoms with Crippen LogP contribution in [0.2, 0.25) is 0 Å². The summed E-state index contributed by atoms with van der Waals surface area (Å²) in [7, 11) is -3.80. The molecule has 0 bridgehead atoms. The highest BCUT2D eigenvalue weighted by atomic mass is 32.2. The Morgan fingerprint density at radius 2 is 1.84 bits per heavy atom. The lowest BCUT2D eigenvalue weighted by Gasteiger charge is -2.28. The number of hydrogen-bond donors (Lipinski definition) is 1. The summed E-state index contributed by atoms with van der Waals surface area (Å²) < 4.78 is 63.4. The lowest BCUT2D eigenvalue weighted by molar-refractivity contribution is -0.137. The summed E-state index contributed by atoms with van der Waals surface area (Å²) in [5, 5.41) is 5.18. The molecule has 0 atom stereocenters. The van der Waals surface area contributed by atoms with Crippen molar-refractivity contribution >= 4 is 10.2 Å². The number of nitrogens with two attached hydrogens (primary N) is 1. The number of hydrogen-bond acceptors (Lipinski definition) is 2. The van der Waals surface area contributed by atoms with Crippen LogP contribution in [0.5, 0.6) is 0 Å². The average molecular weight is 370 g/mol. The Hall–Kier alpha value is -1.90. The second-order valence-corrected chi connectivity index (χ2v) is 7.65. The molecule has 134 valence electrons. The van der Waals surface area contributed by atoms with Crippen LogP contribution >= 0.6 is 0 Å². The third kappa shape index (κ3) is 3.56. The molecule has 2 aromatic carbocycles. The zero-order chi connectivity index (χ0) is 18.4. The van der Waals surface area contributed by atoms with E-state index in [4.69, 9.17) is 5.14 Å². The molecule has 0 amide bonds. The highest BCUT2D eigenvalue weighted by Gasteiger charge is 2.31. The Morgan fingerprint density at radius 1 is 1.12 bits per heavy atom. The number of rotatable bonds is 2. The predicted molar refractivity (Wildman–Crippen MR) is 88.8 cm³/mol. The van der Waals surface area contributed by atoms with Crippen molar-refractivity contribution in [2.24, 2.45) is 5.14 Å². The van der Waals surface area contributed by atoms with Crippen LogP contribution in [-0.4, -0.2) is 19.3 Å². The van der Waals surface area contributed by atoms with Crippen molar-refractivity contribution in [3.63, 3.8) is 0 Å². The van der Waals surface area contributed by atoms with Crippen molar-refractivity contribution < 1.29 is 21.6 Å². The van der Waals surface area contributed by atoms with Crippen LogP contribution in [0.1, 0.15) is 22.3 Å². The van der Waals surface area contributed by atoms with Crippen LogP contribution in [-0.2, 0) is 29.4 Å². The van der Waals surface area contributed by atoms with Gasteiger partial charge in [0.15, 0.2) is 0 Å². The fraction of sp³-hybridized carbons (Fsp3) is 0.294. The maximum atomic E-state index is 13.0. The first kappa shape index (κ1) is 17.9. The van der Waals surface area contributed by atoms with Gasteiger partial charge in [0.05, 0.1) is 5.56 Å². The first-order valence-corrected chi connectivity index (χ1v) is 9.14. The Morgan fingerprint density at radius 3 is 2.48 bits per heavy atom. The standard InChI is InChI=1S/C17H17F3N2O2S/c1-11-5-6-13(17(18,19)20)9-16(11)15-4-2-3-12-10-22(25(21,23)24)8-7-14(12)15/h2-6,9H,7-8,10H2,1H3,(H2,21,23,24). The molecule has 25 heavy (non-hydrogen) atoms. The fourth-order valence-electron chi connectivity index (χ4n) is 3.14. The van der Waals surface area contributed by atoms with Crippen LogP contribution in [0.15, 0.2) is 36.4 Å². The number of nitrogens with zero attached hydrogens (tertiary/aromatic N) is 1. The molecule has 3 rings (SSSR count). The molecule has 4 nitrogen and oxygen atoms in total. The molecule has 0 unspecified atom stereocenters. The summed E-state index contributed by atoms with van der Waals surface area (Å²) >= 11 is 0. The molecule has 0 aliphatic carbocycles. The van der Waals surface area contributed by atoms with E-state index in [1.165, 1.54) is 6.07 Å². The van der Waals surface area contributed by atoms with E-state index in [2.05, 4.69) is 0 Å². The van der Waals surface area contributed by atoms with Crippen LogP contribution in [0.25, 0.3) is 11.1 Å². The topological polar surface area (TPSA) is 63.4 Å². The van der Waals surface area contributed by atoms with Gasteiger partial charge in [0, 0.05) is 13.1 Å².